The summed E-state index contributed by atoms with van der Waals surface area (Å²) in [6.07, 6.45) is -1.91. The van der Waals surface area contributed by atoms with E-state index in [4.69, 9.17) is 5.26 Å². The van der Waals surface area contributed by atoms with Crippen LogP contribution >= 0.6 is 0 Å². The molecule has 0 aliphatic rings. The summed E-state index contributed by atoms with van der Waals surface area (Å²) in [6, 6.07) is 1.42. The van der Waals surface area contributed by atoms with Crippen molar-refractivity contribution in [2.24, 2.45) is 0 Å². The standard InChI is InChI=1S/C8H6F2N2O2/c1-14-5-3-12-8(13)4(2-11)6(5)7(9)10/h3,7H,1H3,(H,12,13). The molecule has 0 saturated carbocycles. The van der Waals surface area contributed by atoms with Gasteiger partial charge in [-0.05, 0) is 0 Å². The number of hydrogen-bond donors (Lipinski definition) is 1. The van der Waals surface area contributed by atoms with Crippen molar-refractivity contribution in [1.82, 2.24) is 4.98 Å². The van der Waals surface area contributed by atoms with Crippen molar-refractivity contribution < 1.29 is 13.5 Å². The average Bonchev–Trinajstić information content (AvgIpc) is 2.17. The molecule has 0 aliphatic heterocycles. The predicted octanol–water partition coefficient (Wildman–Crippen LogP) is 1.19. The van der Waals surface area contributed by atoms with Crippen LogP contribution in [-0.4, -0.2) is 12.1 Å². The van der Waals surface area contributed by atoms with Crippen LogP contribution < -0.4 is 10.3 Å². The summed E-state index contributed by atoms with van der Waals surface area (Å²) in [5.41, 5.74) is -2.12. The van der Waals surface area contributed by atoms with Gasteiger partial charge < -0.3 is 9.72 Å². The van der Waals surface area contributed by atoms with Crippen molar-refractivity contribution in [2.75, 3.05) is 7.11 Å². The fraction of sp³-hybridized carbons (Fsp3) is 0.250. The van der Waals surface area contributed by atoms with E-state index in [1.807, 2.05) is 0 Å². The molecule has 14 heavy (non-hydrogen) atoms. The SMILES string of the molecule is COc1c[nH]c(=O)c(C#N)c1C(F)F. The Morgan fingerprint density at radius 2 is 2.29 bits per heavy atom. The predicted molar refractivity (Wildman–Crippen MR) is 43.3 cm³/mol. The molecule has 74 valence electrons. The van der Waals surface area contributed by atoms with Crippen molar-refractivity contribution in [2.45, 2.75) is 6.43 Å². The van der Waals surface area contributed by atoms with Gasteiger partial charge in [-0.3, -0.25) is 4.79 Å². The number of ether oxygens (including phenoxy) is 1. The summed E-state index contributed by atoms with van der Waals surface area (Å²) < 4.78 is 29.5. The van der Waals surface area contributed by atoms with E-state index >= 15 is 0 Å². The van der Waals surface area contributed by atoms with Crippen LogP contribution in [0.1, 0.15) is 17.6 Å². The van der Waals surface area contributed by atoms with E-state index in [1.54, 1.807) is 0 Å². The highest BCUT2D eigenvalue weighted by Gasteiger charge is 2.21. The Morgan fingerprint density at radius 1 is 1.64 bits per heavy atom. The topological polar surface area (TPSA) is 65.9 Å². The van der Waals surface area contributed by atoms with Crippen molar-refractivity contribution in [3.63, 3.8) is 0 Å². The first-order valence-corrected chi connectivity index (χ1v) is 3.59. The van der Waals surface area contributed by atoms with Crippen LogP contribution in [0, 0.1) is 11.3 Å². The number of H-pyrrole nitrogens is 1. The average molecular weight is 200 g/mol. The third kappa shape index (κ3) is 1.57. The zero-order chi connectivity index (χ0) is 10.7. The molecule has 1 rings (SSSR count). The zero-order valence-corrected chi connectivity index (χ0v) is 7.17. The van der Waals surface area contributed by atoms with Crippen molar-refractivity contribution in [3.8, 4) is 11.8 Å². The van der Waals surface area contributed by atoms with Gasteiger partial charge >= 0.3 is 0 Å². The number of halogens is 2. The maximum atomic E-state index is 12.5. The Kier molecular flexibility index (Phi) is 2.82. The second kappa shape index (κ2) is 3.87. The number of methoxy groups -OCH3 is 1. The van der Waals surface area contributed by atoms with Crippen molar-refractivity contribution in [3.05, 3.63) is 27.7 Å². The van der Waals surface area contributed by atoms with Gasteiger partial charge in [-0.1, -0.05) is 0 Å². The maximum Gasteiger partial charge on any atom is 0.268 e. The minimum Gasteiger partial charge on any atom is -0.495 e. The van der Waals surface area contributed by atoms with E-state index in [0.29, 0.717) is 0 Å². The molecule has 0 aliphatic carbocycles. The number of pyridine rings is 1. The van der Waals surface area contributed by atoms with Crippen LogP contribution in [-0.2, 0) is 0 Å². The highest BCUT2D eigenvalue weighted by atomic mass is 19.3. The fourth-order valence-corrected chi connectivity index (χ4v) is 1.02. The molecule has 1 N–H and O–H groups in total. The summed E-state index contributed by atoms with van der Waals surface area (Å²) in [4.78, 5) is 13.1. The van der Waals surface area contributed by atoms with Gasteiger partial charge in [0.15, 0.2) is 0 Å². The van der Waals surface area contributed by atoms with Gasteiger partial charge in [0.05, 0.1) is 12.7 Å². The molecular weight excluding hydrogens is 194 g/mol. The molecule has 0 spiro atoms. The van der Waals surface area contributed by atoms with Gasteiger partial charge in [-0.15, -0.1) is 0 Å². The van der Waals surface area contributed by atoms with Gasteiger partial charge in [-0.2, -0.15) is 5.26 Å². The lowest BCUT2D eigenvalue weighted by Crippen LogP contribution is -2.14. The first-order chi connectivity index (χ1) is 6.61. The van der Waals surface area contributed by atoms with Crippen LogP contribution in [0.5, 0.6) is 5.75 Å². The minimum absolute atomic E-state index is 0.198. The number of nitrogens with zero attached hydrogens (tertiary/aromatic N) is 1. The van der Waals surface area contributed by atoms with Crippen LogP contribution in [0.15, 0.2) is 11.0 Å². The molecule has 0 fully saturated rings. The minimum atomic E-state index is -2.91. The molecule has 1 heterocycles. The molecule has 0 amide bonds. The Bertz CT molecular complexity index is 434. The van der Waals surface area contributed by atoms with E-state index in [9.17, 15) is 13.6 Å². The molecule has 0 saturated heterocycles. The van der Waals surface area contributed by atoms with E-state index < -0.39 is 23.1 Å². The molecule has 6 heteroatoms. The number of rotatable bonds is 2. The fourth-order valence-electron chi connectivity index (χ4n) is 1.02. The second-order valence-corrected chi connectivity index (χ2v) is 2.39. The van der Waals surface area contributed by atoms with E-state index in [0.717, 1.165) is 6.20 Å². The van der Waals surface area contributed by atoms with Crippen LogP contribution in [0.4, 0.5) is 8.78 Å². The van der Waals surface area contributed by atoms with Crippen molar-refractivity contribution >= 4 is 0 Å². The van der Waals surface area contributed by atoms with Crippen LogP contribution in [0.25, 0.3) is 0 Å². The van der Waals surface area contributed by atoms with E-state index in [2.05, 4.69) is 9.72 Å². The molecule has 0 unspecified atom stereocenters. The summed E-state index contributed by atoms with van der Waals surface area (Å²) in [5, 5.41) is 8.51. The molecule has 1 aromatic heterocycles. The lowest BCUT2D eigenvalue weighted by atomic mass is 10.1. The number of alkyl halides is 2. The van der Waals surface area contributed by atoms with Gasteiger partial charge in [0.1, 0.15) is 17.4 Å². The molecular formula is C8H6F2N2O2. The summed E-state index contributed by atoms with van der Waals surface area (Å²) in [5.74, 6) is -0.198. The lowest BCUT2D eigenvalue weighted by molar-refractivity contribution is 0.146. The quantitative estimate of drug-likeness (QED) is 0.779. The number of hydrogen-bond acceptors (Lipinski definition) is 3. The van der Waals surface area contributed by atoms with Gasteiger partial charge in [0, 0.05) is 6.20 Å². The Labute approximate surface area is 77.7 Å². The summed E-state index contributed by atoms with van der Waals surface area (Å²) in [7, 11) is 1.18. The first-order valence-electron chi connectivity index (χ1n) is 3.59. The highest BCUT2D eigenvalue weighted by molar-refractivity contribution is 5.44. The first kappa shape index (κ1) is 10.2. The largest absolute Gasteiger partial charge is 0.495 e. The second-order valence-electron chi connectivity index (χ2n) is 2.39. The molecule has 4 nitrogen and oxygen atoms in total. The van der Waals surface area contributed by atoms with Crippen LogP contribution in [0.3, 0.4) is 0 Å². The van der Waals surface area contributed by atoms with Crippen LogP contribution in [0.2, 0.25) is 0 Å². The zero-order valence-electron chi connectivity index (χ0n) is 7.17. The number of nitrogens with one attached hydrogen (secondary N) is 1. The number of aromatic amines is 1. The highest BCUT2D eigenvalue weighted by Crippen LogP contribution is 2.29. The molecule has 0 aromatic carbocycles. The Balaban J connectivity index is 3.54. The third-order valence-electron chi connectivity index (χ3n) is 1.65. The molecule has 0 bridgehead atoms. The monoisotopic (exact) mass is 200 g/mol. The van der Waals surface area contributed by atoms with Gasteiger partial charge in [0.2, 0.25) is 0 Å². The Morgan fingerprint density at radius 3 is 2.71 bits per heavy atom. The Hall–Kier alpha value is -1.90. The maximum absolute atomic E-state index is 12.5. The molecule has 0 radical (unpaired) electrons. The smallest absolute Gasteiger partial charge is 0.268 e. The van der Waals surface area contributed by atoms with Gasteiger partial charge in [0.25, 0.3) is 12.0 Å². The van der Waals surface area contributed by atoms with Crippen molar-refractivity contribution in [1.29, 1.82) is 5.26 Å². The number of aromatic nitrogens is 1. The van der Waals surface area contributed by atoms with E-state index in [-0.39, 0.29) is 5.75 Å². The summed E-state index contributed by atoms with van der Waals surface area (Å²) >= 11 is 0. The lowest BCUT2D eigenvalue weighted by Gasteiger charge is -2.07. The third-order valence-corrected chi connectivity index (χ3v) is 1.65. The summed E-state index contributed by atoms with van der Waals surface area (Å²) in [6.45, 7) is 0. The normalized spacial score (nSPS) is 9.93. The molecule has 0 atom stereocenters. The number of nitriles is 1. The van der Waals surface area contributed by atoms with E-state index in [1.165, 1.54) is 13.2 Å². The van der Waals surface area contributed by atoms with Gasteiger partial charge in [-0.25, -0.2) is 8.78 Å². The molecule has 1 aromatic rings.